The van der Waals surface area contributed by atoms with Crippen molar-refractivity contribution in [2.75, 3.05) is 23.4 Å². The Morgan fingerprint density at radius 2 is 2.00 bits per heavy atom. The molecule has 1 amide bonds. The molecule has 2 aromatic rings. The van der Waals surface area contributed by atoms with E-state index in [2.05, 4.69) is 5.32 Å². The Bertz CT molecular complexity index is 777. The predicted octanol–water partition coefficient (Wildman–Crippen LogP) is 2.09. The zero-order chi connectivity index (χ0) is 17.1. The second-order valence-corrected chi connectivity index (χ2v) is 5.61. The van der Waals surface area contributed by atoms with E-state index in [0.29, 0.717) is 23.5 Å². The number of hydrogen-bond donors (Lipinski definition) is 2. The zero-order valence-corrected chi connectivity index (χ0v) is 12.9. The summed E-state index contributed by atoms with van der Waals surface area (Å²) in [5.41, 5.74) is 2.52. The number of aliphatic hydroxyl groups excluding tert-OH is 1. The molecule has 1 aliphatic heterocycles. The molecule has 0 saturated heterocycles. The van der Waals surface area contributed by atoms with Gasteiger partial charge in [0.15, 0.2) is 0 Å². The van der Waals surface area contributed by atoms with E-state index >= 15 is 0 Å². The minimum Gasteiger partial charge on any atom is -0.395 e. The summed E-state index contributed by atoms with van der Waals surface area (Å²) in [7, 11) is 0. The van der Waals surface area contributed by atoms with Gasteiger partial charge in [-0.05, 0) is 17.2 Å². The lowest BCUT2D eigenvalue weighted by atomic mass is 10.1. The maximum Gasteiger partial charge on any atom is 0.292 e. The van der Waals surface area contributed by atoms with E-state index in [1.54, 1.807) is 11.0 Å². The molecule has 0 radical (unpaired) electrons. The van der Waals surface area contributed by atoms with E-state index in [4.69, 9.17) is 0 Å². The van der Waals surface area contributed by atoms with Crippen LogP contribution >= 0.6 is 0 Å². The molecule has 3 rings (SSSR count). The van der Waals surface area contributed by atoms with E-state index in [-0.39, 0.29) is 31.2 Å². The fourth-order valence-electron chi connectivity index (χ4n) is 2.86. The second kappa shape index (κ2) is 6.67. The largest absolute Gasteiger partial charge is 0.395 e. The number of rotatable bonds is 6. The summed E-state index contributed by atoms with van der Waals surface area (Å²) in [5, 5.41) is 23.5. The summed E-state index contributed by atoms with van der Waals surface area (Å²) < 4.78 is 0. The summed E-state index contributed by atoms with van der Waals surface area (Å²) in [6.07, 6.45) is 0.148. The molecule has 0 spiro atoms. The van der Waals surface area contributed by atoms with Gasteiger partial charge in [-0.3, -0.25) is 14.9 Å². The number of amides is 1. The number of anilines is 2. The van der Waals surface area contributed by atoms with Gasteiger partial charge < -0.3 is 15.3 Å². The van der Waals surface area contributed by atoms with Gasteiger partial charge in [0.1, 0.15) is 5.69 Å². The lowest BCUT2D eigenvalue weighted by Crippen LogP contribution is -2.27. The molecule has 2 aromatic carbocycles. The fraction of sp³-hybridized carbons (Fsp3) is 0.235. The van der Waals surface area contributed by atoms with Crippen molar-refractivity contribution in [2.45, 2.75) is 13.0 Å². The van der Waals surface area contributed by atoms with Gasteiger partial charge in [0.05, 0.1) is 18.0 Å². The van der Waals surface area contributed by atoms with Crippen LogP contribution in [0.4, 0.5) is 17.1 Å². The SMILES string of the molecule is O=C1Cc2cc([N+](=O)[O-])c(N(CCO)Cc3ccccc3)cc2N1. The molecule has 0 fully saturated rings. The number of nitrogens with one attached hydrogen (secondary N) is 1. The van der Waals surface area contributed by atoms with Crippen LogP contribution in [0.25, 0.3) is 0 Å². The first-order chi connectivity index (χ1) is 11.6. The normalized spacial score (nSPS) is 12.6. The molecule has 0 atom stereocenters. The summed E-state index contributed by atoms with van der Waals surface area (Å²) in [6.45, 7) is 0.547. The summed E-state index contributed by atoms with van der Waals surface area (Å²) in [5.74, 6) is -0.173. The second-order valence-electron chi connectivity index (χ2n) is 5.61. The van der Waals surface area contributed by atoms with Gasteiger partial charge in [-0.2, -0.15) is 0 Å². The standard InChI is InChI=1S/C17H17N3O4/c21-7-6-19(11-12-4-2-1-3-5-12)15-10-14-13(9-17(22)18-14)8-16(15)20(23)24/h1-5,8,10,21H,6-7,9,11H2,(H,18,22). The van der Waals surface area contributed by atoms with Crippen molar-refractivity contribution < 1.29 is 14.8 Å². The van der Waals surface area contributed by atoms with Gasteiger partial charge in [0.25, 0.3) is 5.69 Å². The molecule has 0 saturated carbocycles. The molecule has 0 unspecified atom stereocenters. The molecule has 124 valence electrons. The van der Waals surface area contributed by atoms with Gasteiger partial charge in [-0.1, -0.05) is 30.3 Å². The molecule has 7 heteroatoms. The maximum absolute atomic E-state index is 11.5. The highest BCUT2D eigenvalue weighted by Gasteiger charge is 2.27. The minimum absolute atomic E-state index is 0.0605. The van der Waals surface area contributed by atoms with Crippen molar-refractivity contribution in [2.24, 2.45) is 0 Å². The van der Waals surface area contributed by atoms with Gasteiger partial charge in [0.2, 0.25) is 5.91 Å². The maximum atomic E-state index is 11.5. The Kier molecular flexibility index (Phi) is 4.43. The molecule has 1 aliphatic rings. The van der Waals surface area contributed by atoms with E-state index < -0.39 is 4.92 Å². The quantitative estimate of drug-likeness (QED) is 0.625. The Morgan fingerprint density at radius 3 is 2.67 bits per heavy atom. The highest BCUT2D eigenvalue weighted by atomic mass is 16.6. The van der Waals surface area contributed by atoms with Crippen molar-refractivity contribution in [3.05, 3.63) is 63.7 Å². The molecule has 24 heavy (non-hydrogen) atoms. The molecular weight excluding hydrogens is 310 g/mol. The molecule has 0 bridgehead atoms. The lowest BCUT2D eigenvalue weighted by Gasteiger charge is -2.24. The van der Waals surface area contributed by atoms with Crippen molar-refractivity contribution in [1.29, 1.82) is 0 Å². The smallest absolute Gasteiger partial charge is 0.292 e. The van der Waals surface area contributed by atoms with Crippen LogP contribution in [0.1, 0.15) is 11.1 Å². The summed E-state index contributed by atoms with van der Waals surface area (Å²) in [4.78, 5) is 24.3. The molecule has 2 N–H and O–H groups in total. The Hall–Kier alpha value is -2.93. The third kappa shape index (κ3) is 3.21. The first kappa shape index (κ1) is 15.9. The number of nitrogens with zero attached hydrogens (tertiary/aromatic N) is 2. The lowest BCUT2D eigenvalue weighted by molar-refractivity contribution is -0.384. The van der Waals surface area contributed by atoms with Crippen molar-refractivity contribution in [3.63, 3.8) is 0 Å². The van der Waals surface area contributed by atoms with Gasteiger partial charge >= 0.3 is 0 Å². The van der Waals surface area contributed by atoms with Crippen LogP contribution in [0, 0.1) is 10.1 Å². The number of nitro benzene ring substituents is 1. The van der Waals surface area contributed by atoms with Crippen LogP contribution in [0.5, 0.6) is 0 Å². The average molecular weight is 327 g/mol. The van der Waals surface area contributed by atoms with Crippen LogP contribution in [0.2, 0.25) is 0 Å². The van der Waals surface area contributed by atoms with Gasteiger partial charge in [-0.25, -0.2) is 0 Å². The topological polar surface area (TPSA) is 95.7 Å². The van der Waals surface area contributed by atoms with Crippen LogP contribution < -0.4 is 10.2 Å². The highest BCUT2D eigenvalue weighted by molar-refractivity contribution is 6.00. The first-order valence-electron chi connectivity index (χ1n) is 7.59. The third-order valence-electron chi connectivity index (χ3n) is 3.95. The number of hydrogen-bond acceptors (Lipinski definition) is 5. The monoisotopic (exact) mass is 327 g/mol. The fourth-order valence-corrected chi connectivity index (χ4v) is 2.86. The molecule has 0 aromatic heterocycles. The van der Waals surface area contributed by atoms with Crippen molar-refractivity contribution in [3.8, 4) is 0 Å². The van der Waals surface area contributed by atoms with Crippen LogP contribution in [-0.4, -0.2) is 29.1 Å². The molecule has 7 nitrogen and oxygen atoms in total. The van der Waals surface area contributed by atoms with Crippen LogP contribution in [0.3, 0.4) is 0 Å². The third-order valence-corrected chi connectivity index (χ3v) is 3.95. The van der Waals surface area contributed by atoms with E-state index in [1.807, 2.05) is 30.3 Å². The predicted molar refractivity (Wildman–Crippen MR) is 90.0 cm³/mol. The number of carbonyl (C=O) groups is 1. The number of fused-ring (bicyclic) bond motifs is 1. The number of benzene rings is 2. The summed E-state index contributed by atoms with van der Waals surface area (Å²) in [6, 6.07) is 12.6. The molecule has 1 heterocycles. The Morgan fingerprint density at radius 1 is 1.25 bits per heavy atom. The number of aliphatic hydroxyl groups is 1. The minimum atomic E-state index is -0.451. The van der Waals surface area contributed by atoms with Crippen LogP contribution in [0.15, 0.2) is 42.5 Å². The summed E-state index contributed by atoms with van der Waals surface area (Å²) >= 11 is 0. The van der Waals surface area contributed by atoms with E-state index in [9.17, 15) is 20.0 Å². The number of nitro groups is 1. The highest BCUT2D eigenvalue weighted by Crippen LogP contribution is 2.37. The Labute approximate surface area is 138 Å². The van der Waals surface area contributed by atoms with Crippen molar-refractivity contribution >= 4 is 23.0 Å². The first-order valence-corrected chi connectivity index (χ1v) is 7.59. The van der Waals surface area contributed by atoms with E-state index in [0.717, 1.165) is 5.56 Å². The van der Waals surface area contributed by atoms with Gasteiger partial charge in [-0.15, -0.1) is 0 Å². The Balaban J connectivity index is 2.01. The molecule has 0 aliphatic carbocycles. The zero-order valence-electron chi connectivity index (χ0n) is 12.9. The van der Waals surface area contributed by atoms with Crippen molar-refractivity contribution in [1.82, 2.24) is 0 Å². The average Bonchev–Trinajstić information content (AvgIpc) is 2.93. The number of carbonyl (C=O) groups excluding carboxylic acids is 1. The molecular formula is C17H17N3O4. The van der Waals surface area contributed by atoms with Crippen LogP contribution in [-0.2, 0) is 17.8 Å². The van der Waals surface area contributed by atoms with E-state index in [1.165, 1.54) is 6.07 Å². The van der Waals surface area contributed by atoms with Gasteiger partial charge in [0, 0.05) is 24.8 Å².